The molecule has 3 aromatic rings. The molecule has 0 bridgehead atoms. The number of nitrogens with one attached hydrogen (secondary N) is 1. The second kappa shape index (κ2) is 7.19. The van der Waals surface area contributed by atoms with Gasteiger partial charge < -0.3 is 5.32 Å². The molecule has 0 aliphatic rings. The Hall–Kier alpha value is -2.60. The lowest BCUT2D eigenvalue weighted by molar-refractivity contribution is -0.137. The monoisotopic (exact) mass is 391 g/mol. The van der Waals surface area contributed by atoms with E-state index in [2.05, 4.69) is 27.4 Å². The van der Waals surface area contributed by atoms with Gasteiger partial charge in [0.15, 0.2) is 5.82 Å². The fraction of sp³-hybridized carbons (Fsp3) is 0.200. The Morgan fingerprint density at radius 2 is 1.48 bits per heavy atom. The minimum absolute atomic E-state index is 0.199. The van der Waals surface area contributed by atoms with Crippen molar-refractivity contribution in [3.63, 3.8) is 0 Å². The number of benzene rings is 2. The Morgan fingerprint density at radius 3 is 2.04 bits per heavy atom. The Labute approximate surface area is 160 Å². The van der Waals surface area contributed by atoms with Crippen molar-refractivity contribution in [2.24, 2.45) is 0 Å². The van der Waals surface area contributed by atoms with Crippen LogP contribution in [0.2, 0.25) is 5.15 Å². The maximum Gasteiger partial charge on any atom is 0.416 e. The van der Waals surface area contributed by atoms with Gasteiger partial charge >= 0.3 is 6.18 Å². The minimum Gasteiger partial charge on any atom is -0.340 e. The molecule has 0 radical (unpaired) electrons. The smallest absolute Gasteiger partial charge is 0.340 e. The van der Waals surface area contributed by atoms with Crippen LogP contribution in [0.15, 0.2) is 42.5 Å². The molecule has 0 amide bonds. The lowest BCUT2D eigenvalue weighted by atomic mass is 10.1. The molecular formula is C20H17ClF3N3. The van der Waals surface area contributed by atoms with E-state index in [4.69, 9.17) is 11.6 Å². The van der Waals surface area contributed by atoms with E-state index in [-0.39, 0.29) is 11.0 Å². The van der Waals surface area contributed by atoms with Crippen molar-refractivity contribution in [3.8, 4) is 11.4 Å². The fourth-order valence-electron chi connectivity index (χ4n) is 2.92. The molecule has 1 heterocycles. The Morgan fingerprint density at radius 1 is 0.889 bits per heavy atom. The number of nitrogens with zero attached hydrogens (tertiary/aromatic N) is 2. The van der Waals surface area contributed by atoms with Gasteiger partial charge in [0.05, 0.1) is 5.56 Å². The van der Waals surface area contributed by atoms with Crippen LogP contribution in [0, 0.1) is 20.8 Å². The van der Waals surface area contributed by atoms with Crippen LogP contribution in [-0.4, -0.2) is 9.97 Å². The van der Waals surface area contributed by atoms with E-state index in [9.17, 15) is 13.2 Å². The van der Waals surface area contributed by atoms with Crippen molar-refractivity contribution in [1.29, 1.82) is 0 Å². The largest absolute Gasteiger partial charge is 0.416 e. The lowest BCUT2D eigenvalue weighted by Crippen LogP contribution is -2.04. The summed E-state index contributed by atoms with van der Waals surface area (Å²) in [6, 6.07) is 10.3. The number of rotatable bonds is 3. The summed E-state index contributed by atoms with van der Waals surface area (Å²) in [5.74, 6) is 0.723. The van der Waals surface area contributed by atoms with Crippen molar-refractivity contribution in [3.05, 3.63) is 69.9 Å². The molecule has 1 aromatic heterocycles. The van der Waals surface area contributed by atoms with Gasteiger partial charge in [-0.3, -0.25) is 0 Å². The maximum absolute atomic E-state index is 12.7. The summed E-state index contributed by atoms with van der Waals surface area (Å²) in [6.07, 6.45) is -4.39. The van der Waals surface area contributed by atoms with Crippen molar-refractivity contribution in [1.82, 2.24) is 9.97 Å². The van der Waals surface area contributed by atoms with Gasteiger partial charge in [0.2, 0.25) is 0 Å². The zero-order valence-corrected chi connectivity index (χ0v) is 15.7. The Bertz CT molecular complexity index is 960. The van der Waals surface area contributed by atoms with Crippen LogP contribution in [0.3, 0.4) is 0 Å². The molecule has 0 aliphatic carbocycles. The van der Waals surface area contributed by atoms with Crippen LogP contribution < -0.4 is 5.32 Å². The van der Waals surface area contributed by atoms with Gasteiger partial charge in [-0.25, -0.2) is 9.97 Å². The quantitative estimate of drug-likeness (QED) is 0.519. The van der Waals surface area contributed by atoms with Crippen LogP contribution in [0.25, 0.3) is 11.4 Å². The van der Waals surface area contributed by atoms with Gasteiger partial charge in [-0.2, -0.15) is 13.2 Å². The van der Waals surface area contributed by atoms with Gasteiger partial charge in [-0.05, 0) is 44.0 Å². The number of aryl methyl sites for hydroxylation is 3. The van der Waals surface area contributed by atoms with Crippen molar-refractivity contribution in [2.45, 2.75) is 26.9 Å². The highest BCUT2D eigenvalue weighted by molar-refractivity contribution is 6.29. The highest BCUT2D eigenvalue weighted by Crippen LogP contribution is 2.31. The molecule has 0 spiro atoms. The molecule has 0 atom stereocenters. The van der Waals surface area contributed by atoms with E-state index in [1.165, 1.54) is 12.1 Å². The SMILES string of the molecule is Cc1cc(C)c(Nc2cc(Cl)nc(-c3ccc(C(F)(F)F)cc3)n2)c(C)c1. The lowest BCUT2D eigenvalue weighted by Gasteiger charge is -2.14. The van der Waals surface area contributed by atoms with Crippen LogP contribution in [0.1, 0.15) is 22.3 Å². The molecule has 3 nitrogen and oxygen atoms in total. The van der Waals surface area contributed by atoms with Gasteiger partial charge in [-0.1, -0.05) is 41.4 Å². The first-order valence-electron chi connectivity index (χ1n) is 8.20. The second-order valence-corrected chi connectivity index (χ2v) is 6.76. The van der Waals surface area contributed by atoms with Gasteiger partial charge in [0.25, 0.3) is 0 Å². The Kier molecular flexibility index (Phi) is 5.11. The molecule has 0 unspecified atom stereocenters. The minimum atomic E-state index is -4.39. The molecule has 0 saturated heterocycles. The topological polar surface area (TPSA) is 37.8 Å². The molecule has 140 valence electrons. The molecule has 3 rings (SSSR count). The first-order chi connectivity index (χ1) is 12.6. The molecule has 0 fully saturated rings. The highest BCUT2D eigenvalue weighted by atomic mass is 35.5. The summed E-state index contributed by atoms with van der Waals surface area (Å²) < 4.78 is 38.2. The first-order valence-corrected chi connectivity index (χ1v) is 8.58. The second-order valence-electron chi connectivity index (χ2n) is 6.37. The molecular weight excluding hydrogens is 375 g/mol. The first kappa shape index (κ1) is 19.2. The van der Waals surface area contributed by atoms with Crippen molar-refractivity contribution < 1.29 is 13.2 Å². The standard InChI is InChI=1S/C20H17ClF3N3/c1-11-8-12(2)18(13(3)9-11)26-17-10-16(21)25-19(27-17)14-4-6-15(7-5-14)20(22,23)24/h4-10H,1-3H3,(H,25,26,27). The molecule has 2 aromatic carbocycles. The van der Waals surface area contributed by atoms with E-state index >= 15 is 0 Å². The third-order valence-electron chi connectivity index (χ3n) is 4.10. The summed E-state index contributed by atoms with van der Waals surface area (Å²) in [5.41, 5.74) is 3.90. The third-order valence-corrected chi connectivity index (χ3v) is 4.29. The van der Waals surface area contributed by atoms with E-state index < -0.39 is 11.7 Å². The van der Waals surface area contributed by atoms with E-state index in [0.29, 0.717) is 11.4 Å². The predicted octanol–water partition coefficient (Wildman–Crippen LogP) is 6.48. The van der Waals surface area contributed by atoms with Gasteiger partial charge in [-0.15, -0.1) is 0 Å². The van der Waals surface area contributed by atoms with E-state index in [1.807, 2.05) is 20.8 Å². The summed E-state index contributed by atoms with van der Waals surface area (Å²) in [7, 11) is 0. The zero-order chi connectivity index (χ0) is 19.8. The number of hydrogen-bond acceptors (Lipinski definition) is 3. The van der Waals surface area contributed by atoms with Crippen LogP contribution >= 0.6 is 11.6 Å². The Balaban J connectivity index is 1.96. The molecule has 7 heteroatoms. The van der Waals surface area contributed by atoms with Gasteiger partial charge in [0, 0.05) is 17.3 Å². The fourth-order valence-corrected chi connectivity index (χ4v) is 3.11. The summed E-state index contributed by atoms with van der Waals surface area (Å²) in [6.45, 7) is 6.00. The average molecular weight is 392 g/mol. The number of halogens is 4. The average Bonchev–Trinajstić information content (AvgIpc) is 2.57. The number of anilines is 2. The third kappa shape index (κ3) is 4.39. The van der Waals surface area contributed by atoms with Gasteiger partial charge in [0.1, 0.15) is 11.0 Å². The van der Waals surface area contributed by atoms with Crippen LogP contribution in [0.5, 0.6) is 0 Å². The number of hydrogen-bond donors (Lipinski definition) is 1. The van der Waals surface area contributed by atoms with E-state index in [0.717, 1.165) is 34.5 Å². The molecule has 0 saturated carbocycles. The molecule has 27 heavy (non-hydrogen) atoms. The number of alkyl halides is 3. The van der Waals surface area contributed by atoms with Crippen molar-refractivity contribution >= 4 is 23.1 Å². The van der Waals surface area contributed by atoms with Crippen molar-refractivity contribution in [2.75, 3.05) is 5.32 Å². The summed E-state index contributed by atoms with van der Waals surface area (Å²) >= 11 is 6.10. The number of aromatic nitrogens is 2. The van der Waals surface area contributed by atoms with Crippen LogP contribution in [-0.2, 0) is 6.18 Å². The van der Waals surface area contributed by atoms with E-state index in [1.54, 1.807) is 6.07 Å². The molecule has 1 N–H and O–H groups in total. The predicted molar refractivity (Wildman–Crippen MR) is 101 cm³/mol. The molecule has 0 aliphatic heterocycles. The maximum atomic E-state index is 12.7. The van der Waals surface area contributed by atoms with Crippen LogP contribution in [0.4, 0.5) is 24.7 Å². The zero-order valence-electron chi connectivity index (χ0n) is 14.9. The summed E-state index contributed by atoms with van der Waals surface area (Å²) in [5, 5.41) is 3.44. The highest BCUT2D eigenvalue weighted by Gasteiger charge is 2.30. The normalized spacial score (nSPS) is 11.5. The summed E-state index contributed by atoms with van der Waals surface area (Å²) in [4.78, 5) is 8.54.